The van der Waals surface area contributed by atoms with Crippen LogP contribution < -0.4 is 5.32 Å². The smallest absolute Gasteiger partial charge is 0.289 e. The second-order valence-electron chi connectivity index (χ2n) is 7.50. The highest BCUT2D eigenvalue weighted by Gasteiger charge is 2.30. The van der Waals surface area contributed by atoms with Crippen LogP contribution >= 0.6 is 0 Å². The normalized spacial score (nSPS) is 17.4. The zero-order valence-electron chi connectivity index (χ0n) is 16.4. The lowest BCUT2D eigenvalue weighted by molar-refractivity contribution is -0.126. The Morgan fingerprint density at radius 3 is 2.78 bits per heavy atom. The van der Waals surface area contributed by atoms with Crippen LogP contribution in [0.15, 0.2) is 21.1 Å². The monoisotopic (exact) mass is 373 g/mol. The van der Waals surface area contributed by atoms with E-state index >= 15 is 0 Å². The summed E-state index contributed by atoms with van der Waals surface area (Å²) in [6, 6.07) is 3.61. The van der Waals surface area contributed by atoms with Crippen molar-refractivity contribution in [3.05, 3.63) is 40.7 Å². The molecule has 0 unspecified atom stereocenters. The zero-order valence-corrected chi connectivity index (χ0v) is 16.4. The van der Waals surface area contributed by atoms with Crippen molar-refractivity contribution >= 4 is 11.8 Å². The van der Waals surface area contributed by atoms with Gasteiger partial charge in [0, 0.05) is 31.1 Å². The predicted molar refractivity (Wildman–Crippen MR) is 99.4 cm³/mol. The lowest BCUT2D eigenvalue weighted by atomic mass is 9.96. The lowest BCUT2D eigenvalue weighted by Crippen LogP contribution is -2.46. The molecular weight excluding hydrogens is 346 g/mol. The van der Waals surface area contributed by atoms with Crippen molar-refractivity contribution in [1.29, 1.82) is 0 Å². The third-order valence-electron chi connectivity index (χ3n) is 4.91. The van der Waals surface area contributed by atoms with Gasteiger partial charge in [0.15, 0.2) is 5.76 Å². The molecular formula is C20H27N3O4. The molecule has 2 amide bonds. The lowest BCUT2D eigenvalue weighted by Gasteiger charge is -2.31. The Bertz CT molecular complexity index is 802. The molecule has 2 aromatic heterocycles. The molecule has 2 aromatic rings. The van der Waals surface area contributed by atoms with Gasteiger partial charge in [-0.15, -0.1) is 0 Å². The molecule has 0 spiro atoms. The van der Waals surface area contributed by atoms with Crippen LogP contribution in [-0.4, -0.2) is 41.0 Å². The molecule has 1 saturated heterocycles. The third-order valence-corrected chi connectivity index (χ3v) is 4.91. The molecule has 3 heterocycles. The second kappa shape index (κ2) is 7.98. The molecule has 0 aromatic carbocycles. The molecule has 1 N–H and O–H groups in total. The van der Waals surface area contributed by atoms with Crippen molar-refractivity contribution < 1.29 is 18.5 Å². The summed E-state index contributed by atoms with van der Waals surface area (Å²) in [5.74, 6) is 1.44. The molecule has 0 radical (unpaired) electrons. The summed E-state index contributed by atoms with van der Waals surface area (Å²) in [4.78, 5) is 26.8. The molecule has 7 heteroatoms. The van der Waals surface area contributed by atoms with Gasteiger partial charge in [0.2, 0.25) is 5.91 Å². The van der Waals surface area contributed by atoms with E-state index in [1.807, 2.05) is 33.8 Å². The largest absolute Gasteiger partial charge is 0.456 e. The van der Waals surface area contributed by atoms with Crippen molar-refractivity contribution in [2.24, 2.45) is 5.92 Å². The van der Waals surface area contributed by atoms with Gasteiger partial charge in [-0.3, -0.25) is 9.59 Å². The number of nitrogens with one attached hydrogen (secondary N) is 1. The van der Waals surface area contributed by atoms with Crippen LogP contribution in [0.25, 0.3) is 0 Å². The van der Waals surface area contributed by atoms with Gasteiger partial charge in [0.1, 0.15) is 11.5 Å². The minimum atomic E-state index is -0.165. The molecule has 3 rings (SSSR count). The number of nitrogens with zero attached hydrogens (tertiary/aromatic N) is 2. The number of carbonyl (C=O) groups excluding carboxylic acids is 2. The zero-order chi connectivity index (χ0) is 19.6. The number of rotatable bonds is 5. The van der Waals surface area contributed by atoms with Crippen LogP contribution in [0.4, 0.5) is 0 Å². The SMILES string of the molecule is Cc1noc(C)c1Cc1ccc(C(=O)N2CCC[C@H](C(=O)NC(C)C)C2)o1. The molecule has 1 atom stereocenters. The van der Waals surface area contributed by atoms with Crippen molar-refractivity contribution in [1.82, 2.24) is 15.4 Å². The van der Waals surface area contributed by atoms with Crippen molar-refractivity contribution in [3.8, 4) is 0 Å². The maximum atomic E-state index is 12.8. The summed E-state index contributed by atoms with van der Waals surface area (Å²) in [7, 11) is 0. The first-order valence-corrected chi connectivity index (χ1v) is 9.45. The predicted octanol–water partition coefficient (Wildman–Crippen LogP) is 2.85. The number of aromatic nitrogens is 1. The maximum absolute atomic E-state index is 12.8. The van der Waals surface area contributed by atoms with E-state index in [-0.39, 0.29) is 23.8 Å². The van der Waals surface area contributed by atoms with E-state index < -0.39 is 0 Å². The Balaban J connectivity index is 1.65. The summed E-state index contributed by atoms with van der Waals surface area (Å²) >= 11 is 0. The summed E-state index contributed by atoms with van der Waals surface area (Å²) in [5.41, 5.74) is 1.80. The van der Waals surface area contributed by atoms with Crippen LogP contribution in [-0.2, 0) is 11.2 Å². The summed E-state index contributed by atoms with van der Waals surface area (Å²) < 4.78 is 11.0. The molecule has 0 saturated carbocycles. The van der Waals surface area contributed by atoms with E-state index in [0.717, 1.165) is 29.9 Å². The number of likely N-dealkylation sites (tertiary alicyclic amines) is 1. The Kier molecular flexibility index (Phi) is 5.68. The molecule has 1 aliphatic rings. The van der Waals surface area contributed by atoms with Crippen LogP contribution in [0.1, 0.15) is 60.0 Å². The van der Waals surface area contributed by atoms with Crippen LogP contribution in [0.3, 0.4) is 0 Å². The summed E-state index contributed by atoms with van der Waals surface area (Å²) in [5, 5.41) is 6.88. The quantitative estimate of drug-likeness (QED) is 0.871. The second-order valence-corrected chi connectivity index (χ2v) is 7.50. The summed E-state index contributed by atoms with van der Waals surface area (Å²) in [6.45, 7) is 8.69. The first-order valence-electron chi connectivity index (χ1n) is 9.45. The van der Waals surface area contributed by atoms with E-state index in [2.05, 4.69) is 10.5 Å². The van der Waals surface area contributed by atoms with E-state index in [1.54, 1.807) is 11.0 Å². The number of furan rings is 1. The Morgan fingerprint density at radius 2 is 2.11 bits per heavy atom. The minimum absolute atomic E-state index is 0.0149. The van der Waals surface area contributed by atoms with E-state index in [9.17, 15) is 9.59 Å². The first-order chi connectivity index (χ1) is 12.8. The van der Waals surface area contributed by atoms with Crippen molar-refractivity contribution in [2.45, 2.75) is 53.0 Å². The van der Waals surface area contributed by atoms with Crippen LogP contribution in [0.5, 0.6) is 0 Å². The van der Waals surface area contributed by atoms with Crippen molar-refractivity contribution in [2.75, 3.05) is 13.1 Å². The number of piperidine rings is 1. The molecule has 0 bridgehead atoms. The molecule has 7 nitrogen and oxygen atoms in total. The van der Waals surface area contributed by atoms with Crippen LogP contribution in [0, 0.1) is 19.8 Å². The number of aryl methyl sites for hydroxylation is 2. The fraction of sp³-hybridized carbons (Fsp3) is 0.550. The molecule has 1 fully saturated rings. The van der Waals surface area contributed by atoms with Gasteiger partial charge in [-0.1, -0.05) is 5.16 Å². The van der Waals surface area contributed by atoms with Gasteiger partial charge in [0.25, 0.3) is 5.91 Å². The van der Waals surface area contributed by atoms with Gasteiger partial charge in [0.05, 0.1) is 11.6 Å². The van der Waals surface area contributed by atoms with Gasteiger partial charge < -0.3 is 19.2 Å². The number of hydrogen-bond donors (Lipinski definition) is 1. The number of amides is 2. The molecule has 146 valence electrons. The minimum Gasteiger partial charge on any atom is -0.456 e. The van der Waals surface area contributed by atoms with E-state index in [0.29, 0.717) is 31.0 Å². The van der Waals surface area contributed by atoms with E-state index in [4.69, 9.17) is 8.94 Å². The average Bonchev–Trinajstić information content (AvgIpc) is 3.23. The highest BCUT2D eigenvalue weighted by Crippen LogP contribution is 2.22. The van der Waals surface area contributed by atoms with Gasteiger partial charge in [-0.25, -0.2) is 0 Å². The molecule has 1 aliphatic heterocycles. The van der Waals surface area contributed by atoms with Gasteiger partial charge in [-0.2, -0.15) is 0 Å². The third kappa shape index (κ3) is 4.40. The molecule has 0 aliphatic carbocycles. The number of carbonyl (C=O) groups is 2. The fourth-order valence-corrected chi connectivity index (χ4v) is 3.45. The first kappa shape index (κ1) is 19.2. The maximum Gasteiger partial charge on any atom is 0.289 e. The average molecular weight is 373 g/mol. The highest BCUT2D eigenvalue weighted by molar-refractivity contribution is 5.92. The Hall–Kier alpha value is -2.57. The van der Waals surface area contributed by atoms with Gasteiger partial charge in [-0.05, 0) is 52.7 Å². The Morgan fingerprint density at radius 1 is 1.33 bits per heavy atom. The standard InChI is InChI=1S/C20H27N3O4/c1-12(2)21-19(24)15-6-5-9-23(11-15)20(25)18-8-7-16(26-18)10-17-13(3)22-27-14(17)4/h7-8,12,15H,5-6,9-11H2,1-4H3,(H,21,24)/t15-/m0/s1. The topological polar surface area (TPSA) is 88.6 Å². The highest BCUT2D eigenvalue weighted by atomic mass is 16.5. The van der Waals surface area contributed by atoms with Crippen LogP contribution in [0.2, 0.25) is 0 Å². The summed E-state index contributed by atoms with van der Waals surface area (Å²) in [6.07, 6.45) is 2.15. The number of hydrogen-bond acceptors (Lipinski definition) is 5. The fourth-order valence-electron chi connectivity index (χ4n) is 3.45. The van der Waals surface area contributed by atoms with E-state index in [1.165, 1.54) is 0 Å². The molecule has 27 heavy (non-hydrogen) atoms. The van der Waals surface area contributed by atoms with Gasteiger partial charge >= 0.3 is 0 Å². The Labute approximate surface area is 159 Å². The van der Waals surface area contributed by atoms with Crippen molar-refractivity contribution in [3.63, 3.8) is 0 Å².